The predicted octanol–water partition coefficient (Wildman–Crippen LogP) is 7.21. The van der Waals surface area contributed by atoms with E-state index in [1.807, 2.05) is 20.8 Å². The second-order valence-corrected chi connectivity index (χ2v) is 9.97. The molecule has 2 fully saturated rings. The van der Waals surface area contributed by atoms with Crippen LogP contribution in [-0.2, 0) is 16.0 Å². The Morgan fingerprint density at radius 3 is 2.15 bits per heavy atom. The summed E-state index contributed by atoms with van der Waals surface area (Å²) < 4.78 is 13.0. The Bertz CT molecular complexity index is 945. The quantitative estimate of drug-likeness (QED) is 0.192. The number of primary amides is 1. The number of hydrogen-bond donors (Lipinski definition) is 2. The Kier molecular flexibility index (Phi) is 19.7. The first kappa shape index (κ1) is 36.3. The van der Waals surface area contributed by atoms with Crippen LogP contribution in [0.5, 0.6) is 0 Å². The number of nitrogens with two attached hydrogens (primary N) is 1. The van der Waals surface area contributed by atoms with Crippen molar-refractivity contribution in [2.75, 3.05) is 20.1 Å². The Morgan fingerprint density at radius 2 is 1.64 bits per heavy atom. The standard InChI is InChI=1S/C18H22ClFN2O.C8H15N.C2H6.C2H2.CH3NO/c1-2-15(23)7-5-3-4-6-8-16-17(19)22-18(21-16)13-9-11-14(20)12-10-13;1-9-6-4-8(2-3-8)5-7-9;2*1-2;2-1-3/h9-12H,2-8H2,1H3,(H,21,22);2-7H2,1H3;1-2H3;1-2H;1H,(H2,2,3). The number of nitrogens with zero attached hydrogens (tertiary/aromatic N) is 2. The van der Waals surface area contributed by atoms with Crippen molar-refractivity contribution in [1.29, 1.82) is 0 Å². The lowest BCUT2D eigenvalue weighted by Crippen LogP contribution is -2.30. The highest BCUT2D eigenvalue weighted by Gasteiger charge is 2.43. The number of aromatic amines is 1. The van der Waals surface area contributed by atoms with E-state index < -0.39 is 0 Å². The van der Waals surface area contributed by atoms with Gasteiger partial charge in [-0.15, -0.1) is 12.8 Å². The number of ketones is 1. The van der Waals surface area contributed by atoms with Gasteiger partial charge in [-0.05, 0) is 94.8 Å². The molecule has 1 spiro atoms. The summed E-state index contributed by atoms with van der Waals surface area (Å²) in [5, 5.41) is 0.477. The van der Waals surface area contributed by atoms with Crippen molar-refractivity contribution in [3.05, 3.63) is 40.9 Å². The number of rotatable bonds is 9. The third-order valence-electron chi connectivity index (χ3n) is 6.88. The van der Waals surface area contributed by atoms with Crippen molar-refractivity contribution in [3.63, 3.8) is 0 Å². The van der Waals surface area contributed by atoms with E-state index in [2.05, 4.69) is 40.5 Å². The first-order valence-corrected chi connectivity index (χ1v) is 14.4. The van der Waals surface area contributed by atoms with Crippen molar-refractivity contribution >= 4 is 23.8 Å². The Morgan fingerprint density at radius 1 is 1.10 bits per heavy atom. The number of imidazole rings is 1. The molecule has 6 nitrogen and oxygen atoms in total. The van der Waals surface area contributed by atoms with Crippen LogP contribution in [0.4, 0.5) is 4.39 Å². The summed E-state index contributed by atoms with van der Waals surface area (Å²) in [5.74, 6) is 0.734. The smallest absolute Gasteiger partial charge is 0.204 e. The van der Waals surface area contributed by atoms with E-state index >= 15 is 0 Å². The number of H-pyrrole nitrogens is 1. The van der Waals surface area contributed by atoms with Crippen molar-refractivity contribution < 1.29 is 14.0 Å². The molecule has 2 aliphatic rings. The predicted molar refractivity (Wildman–Crippen MR) is 161 cm³/mol. The molecule has 1 aliphatic heterocycles. The second kappa shape index (κ2) is 21.2. The highest BCUT2D eigenvalue weighted by Crippen LogP contribution is 2.53. The number of hydrogen-bond acceptors (Lipinski definition) is 4. The lowest BCUT2D eigenvalue weighted by molar-refractivity contribution is -0.118. The average molecular weight is 563 g/mol. The van der Waals surface area contributed by atoms with Crippen LogP contribution in [0.25, 0.3) is 11.4 Å². The van der Waals surface area contributed by atoms with Gasteiger partial charge in [-0.25, -0.2) is 9.37 Å². The van der Waals surface area contributed by atoms with Crippen LogP contribution >= 0.6 is 11.6 Å². The van der Waals surface area contributed by atoms with Gasteiger partial charge in [-0.2, -0.15) is 0 Å². The minimum absolute atomic E-state index is 0.250. The summed E-state index contributed by atoms with van der Waals surface area (Å²) in [6.07, 6.45) is 20.5. The Hall–Kier alpha value is -2.69. The maximum atomic E-state index is 13.0. The number of likely N-dealkylation sites (tertiary alicyclic amines) is 1. The molecule has 1 aliphatic carbocycles. The summed E-state index contributed by atoms with van der Waals surface area (Å²) in [7, 11) is 2.23. The van der Waals surface area contributed by atoms with Gasteiger partial charge in [0.15, 0.2) is 5.15 Å². The molecule has 1 saturated carbocycles. The van der Waals surface area contributed by atoms with Crippen LogP contribution in [0.3, 0.4) is 0 Å². The van der Waals surface area contributed by atoms with Crippen molar-refractivity contribution in [3.8, 4) is 24.2 Å². The number of unbranched alkanes of at least 4 members (excludes halogenated alkanes) is 3. The van der Waals surface area contributed by atoms with Gasteiger partial charge in [0.1, 0.15) is 17.4 Å². The lowest BCUT2D eigenvalue weighted by Gasteiger charge is -2.28. The van der Waals surface area contributed by atoms with Crippen LogP contribution in [-0.4, -0.2) is 47.2 Å². The summed E-state index contributed by atoms with van der Waals surface area (Å²) >= 11 is 6.17. The number of piperidine rings is 1. The first-order chi connectivity index (χ1) is 18.8. The monoisotopic (exact) mass is 562 g/mol. The number of Topliss-reactive ketones (excluding diaryl/α,β-unsaturated/α-hetero) is 1. The summed E-state index contributed by atoms with van der Waals surface area (Å²) in [4.78, 5) is 29.8. The van der Waals surface area contributed by atoms with E-state index in [9.17, 15) is 9.18 Å². The average Bonchev–Trinajstić information content (AvgIpc) is 3.63. The van der Waals surface area contributed by atoms with Gasteiger partial charge in [0.2, 0.25) is 6.41 Å². The second-order valence-electron chi connectivity index (χ2n) is 9.61. The summed E-state index contributed by atoms with van der Waals surface area (Å²) in [5.41, 5.74) is 6.76. The third-order valence-corrected chi connectivity index (χ3v) is 7.19. The molecule has 8 heteroatoms. The fourth-order valence-corrected chi connectivity index (χ4v) is 4.45. The van der Waals surface area contributed by atoms with Gasteiger partial charge < -0.3 is 15.6 Å². The van der Waals surface area contributed by atoms with Gasteiger partial charge in [-0.1, -0.05) is 45.2 Å². The largest absolute Gasteiger partial charge is 0.372 e. The minimum Gasteiger partial charge on any atom is -0.372 e. The van der Waals surface area contributed by atoms with Crippen LogP contribution in [0.2, 0.25) is 5.15 Å². The van der Waals surface area contributed by atoms with E-state index in [4.69, 9.17) is 16.4 Å². The number of carbonyl (C=O) groups is 2. The molecular formula is C31H48ClFN4O2. The number of nitrogens with one attached hydrogen (secondary N) is 1. The van der Waals surface area contributed by atoms with Crippen LogP contribution < -0.4 is 5.73 Å². The molecule has 2 aromatic rings. The molecular weight excluding hydrogens is 515 g/mol. The van der Waals surface area contributed by atoms with Crippen LogP contribution in [0.1, 0.15) is 90.7 Å². The number of amides is 1. The van der Waals surface area contributed by atoms with Gasteiger partial charge >= 0.3 is 0 Å². The highest BCUT2D eigenvalue weighted by molar-refractivity contribution is 6.30. The molecule has 1 aromatic carbocycles. The normalized spacial score (nSPS) is 14.6. The molecule has 3 N–H and O–H groups in total. The van der Waals surface area contributed by atoms with Crippen molar-refractivity contribution in [2.45, 2.75) is 91.4 Å². The Labute approximate surface area is 240 Å². The molecule has 4 rings (SSSR count). The lowest BCUT2D eigenvalue weighted by atomic mass is 9.94. The fourth-order valence-electron chi connectivity index (χ4n) is 4.22. The van der Waals surface area contributed by atoms with Gasteiger partial charge in [0.25, 0.3) is 0 Å². The molecule has 0 bridgehead atoms. The molecule has 218 valence electrons. The summed E-state index contributed by atoms with van der Waals surface area (Å²) in [6.45, 7) is 8.60. The van der Waals surface area contributed by atoms with E-state index in [-0.39, 0.29) is 12.2 Å². The topological polar surface area (TPSA) is 92.1 Å². The SMILES string of the molecule is C#C.CC.CCC(=O)CCCCCCc1[nH]c(-c2ccc(F)cc2)nc1Cl.CN1CCC2(CC1)CC2.NC=O. The highest BCUT2D eigenvalue weighted by atomic mass is 35.5. The van der Waals surface area contributed by atoms with Gasteiger partial charge in [-0.3, -0.25) is 9.59 Å². The Balaban J connectivity index is 0.000000738. The molecule has 0 atom stereocenters. The summed E-state index contributed by atoms with van der Waals surface area (Å²) in [6, 6.07) is 6.17. The zero-order chi connectivity index (χ0) is 29.7. The zero-order valence-corrected chi connectivity index (χ0v) is 25.0. The van der Waals surface area contributed by atoms with Gasteiger partial charge in [0.05, 0.1) is 5.69 Å². The maximum Gasteiger partial charge on any atom is 0.204 e. The molecule has 0 unspecified atom stereocenters. The van der Waals surface area contributed by atoms with Gasteiger partial charge in [0, 0.05) is 18.4 Å². The maximum absolute atomic E-state index is 13.0. The first-order valence-electron chi connectivity index (χ1n) is 14.0. The number of carbonyl (C=O) groups excluding carboxylic acids is 2. The number of aromatic nitrogens is 2. The van der Waals surface area contributed by atoms with Crippen molar-refractivity contribution in [1.82, 2.24) is 14.9 Å². The third kappa shape index (κ3) is 14.9. The molecule has 2 heterocycles. The number of halogens is 2. The van der Waals surface area contributed by atoms with E-state index in [1.165, 1.54) is 50.9 Å². The molecule has 1 amide bonds. The van der Waals surface area contributed by atoms with E-state index in [1.54, 1.807) is 12.1 Å². The molecule has 39 heavy (non-hydrogen) atoms. The van der Waals surface area contributed by atoms with Crippen LogP contribution in [0.15, 0.2) is 24.3 Å². The minimum atomic E-state index is -0.270. The molecule has 1 aromatic heterocycles. The fraction of sp³-hybridized carbons (Fsp3) is 0.581. The number of terminal acetylenes is 1. The van der Waals surface area contributed by atoms with E-state index in [0.717, 1.165) is 48.8 Å². The van der Waals surface area contributed by atoms with Crippen molar-refractivity contribution in [2.24, 2.45) is 11.1 Å². The number of benzene rings is 1. The number of aryl methyl sites for hydroxylation is 1. The zero-order valence-electron chi connectivity index (χ0n) is 24.3. The molecule has 0 radical (unpaired) electrons. The molecule has 1 saturated heterocycles. The van der Waals surface area contributed by atoms with Crippen LogP contribution in [0, 0.1) is 24.1 Å². The van der Waals surface area contributed by atoms with E-state index in [0.29, 0.717) is 29.6 Å².